The van der Waals surface area contributed by atoms with Crippen LogP contribution < -0.4 is 5.32 Å². The van der Waals surface area contributed by atoms with E-state index >= 15 is 0 Å². The first-order chi connectivity index (χ1) is 10.6. The molecule has 2 heterocycles. The van der Waals surface area contributed by atoms with E-state index < -0.39 is 0 Å². The summed E-state index contributed by atoms with van der Waals surface area (Å²) in [5, 5.41) is 6.88. The van der Waals surface area contributed by atoms with E-state index in [9.17, 15) is 0 Å². The molecule has 2 rings (SSSR count). The molecule has 0 amide bonds. The number of aliphatic imine (C=N–C) groups is 1. The summed E-state index contributed by atoms with van der Waals surface area (Å²) in [6.07, 6.45) is 4.79. The molecule has 1 atom stereocenters. The Labute approximate surface area is 139 Å². The molecule has 0 bridgehead atoms. The van der Waals surface area contributed by atoms with Crippen LogP contribution in [-0.4, -0.2) is 42.5 Å². The van der Waals surface area contributed by atoms with Gasteiger partial charge >= 0.3 is 0 Å². The van der Waals surface area contributed by atoms with Gasteiger partial charge in [-0.15, -0.1) is 11.3 Å². The quantitative estimate of drug-likeness (QED) is 0.496. The second-order valence-corrected chi connectivity index (χ2v) is 7.63. The minimum atomic E-state index is 0.793. The molecule has 0 saturated carbocycles. The van der Waals surface area contributed by atoms with E-state index in [1.54, 1.807) is 11.3 Å². The number of likely N-dealkylation sites (tertiary alicyclic amines) is 1. The number of nitrogens with zero attached hydrogens (tertiary/aromatic N) is 3. The molecule has 5 heteroatoms. The minimum absolute atomic E-state index is 0.793. The molecule has 4 nitrogen and oxygen atoms in total. The highest BCUT2D eigenvalue weighted by Crippen LogP contribution is 2.23. The van der Waals surface area contributed by atoms with Crippen LogP contribution in [0, 0.1) is 18.8 Å². The Morgan fingerprint density at radius 2 is 2.36 bits per heavy atom. The van der Waals surface area contributed by atoms with Crippen LogP contribution in [0.25, 0.3) is 0 Å². The molecule has 0 radical (unpaired) electrons. The standard InChI is InChI=1S/C17H30N4S/c1-13(2)10-15-7-9-21(11-15)17(18-4)19-8-5-6-16-20-14(3)12-22-16/h12-13,15H,5-11H2,1-4H3,(H,18,19). The normalized spacial score (nSPS) is 19.2. The van der Waals surface area contributed by atoms with Gasteiger partial charge in [-0.25, -0.2) is 4.98 Å². The molecule has 1 saturated heterocycles. The maximum absolute atomic E-state index is 4.51. The van der Waals surface area contributed by atoms with Gasteiger partial charge in [-0.2, -0.15) is 0 Å². The Hall–Kier alpha value is -1.10. The number of rotatable bonds is 6. The zero-order valence-electron chi connectivity index (χ0n) is 14.4. The van der Waals surface area contributed by atoms with Crippen LogP contribution in [0.5, 0.6) is 0 Å². The van der Waals surface area contributed by atoms with Gasteiger partial charge in [0.15, 0.2) is 5.96 Å². The SMILES string of the molecule is CN=C(NCCCc1nc(C)cs1)N1CCC(CC(C)C)C1. The van der Waals surface area contributed by atoms with Gasteiger partial charge in [0.1, 0.15) is 0 Å². The van der Waals surface area contributed by atoms with Crippen LogP contribution in [0.15, 0.2) is 10.4 Å². The van der Waals surface area contributed by atoms with Gasteiger partial charge in [0.25, 0.3) is 0 Å². The summed E-state index contributed by atoms with van der Waals surface area (Å²) in [4.78, 5) is 11.4. The van der Waals surface area contributed by atoms with E-state index in [0.29, 0.717) is 0 Å². The lowest BCUT2D eigenvalue weighted by Gasteiger charge is -2.22. The molecule has 124 valence electrons. The predicted octanol–water partition coefficient (Wildman–Crippen LogP) is 3.33. The first-order valence-electron chi connectivity index (χ1n) is 8.45. The van der Waals surface area contributed by atoms with Gasteiger partial charge in [0.05, 0.1) is 5.01 Å². The molecule has 1 aromatic rings. The van der Waals surface area contributed by atoms with Crippen molar-refractivity contribution in [1.29, 1.82) is 0 Å². The van der Waals surface area contributed by atoms with Crippen molar-refractivity contribution in [3.05, 3.63) is 16.1 Å². The lowest BCUT2D eigenvalue weighted by molar-refractivity contribution is 0.403. The van der Waals surface area contributed by atoms with E-state index in [2.05, 4.69) is 46.3 Å². The van der Waals surface area contributed by atoms with E-state index in [1.807, 2.05) is 7.05 Å². The van der Waals surface area contributed by atoms with Crippen LogP contribution in [0.3, 0.4) is 0 Å². The van der Waals surface area contributed by atoms with Gasteiger partial charge in [-0.3, -0.25) is 4.99 Å². The Morgan fingerprint density at radius 3 is 3.00 bits per heavy atom. The third-order valence-electron chi connectivity index (χ3n) is 4.12. The molecule has 1 aliphatic rings. The smallest absolute Gasteiger partial charge is 0.193 e. The van der Waals surface area contributed by atoms with Crippen molar-refractivity contribution < 1.29 is 0 Å². The molecule has 1 aliphatic heterocycles. The second kappa shape index (κ2) is 8.51. The Balaban J connectivity index is 1.69. The van der Waals surface area contributed by atoms with Gasteiger partial charge in [0, 0.05) is 44.2 Å². The van der Waals surface area contributed by atoms with Crippen molar-refractivity contribution in [3.8, 4) is 0 Å². The summed E-state index contributed by atoms with van der Waals surface area (Å²) < 4.78 is 0. The average molecular weight is 323 g/mol. The topological polar surface area (TPSA) is 40.5 Å². The Bertz CT molecular complexity index is 481. The lowest BCUT2D eigenvalue weighted by atomic mass is 9.97. The predicted molar refractivity (Wildman–Crippen MR) is 95.7 cm³/mol. The van der Waals surface area contributed by atoms with Crippen LogP contribution in [0.1, 0.15) is 43.8 Å². The van der Waals surface area contributed by atoms with Gasteiger partial charge in [0.2, 0.25) is 0 Å². The summed E-state index contributed by atoms with van der Waals surface area (Å²) in [6, 6.07) is 0. The molecular formula is C17H30N4S. The van der Waals surface area contributed by atoms with Crippen LogP contribution >= 0.6 is 11.3 Å². The molecule has 0 aromatic carbocycles. The van der Waals surface area contributed by atoms with Crippen molar-refractivity contribution in [3.63, 3.8) is 0 Å². The van der Waals surface area contributed by atoms with Crippen molar-refractivity contribution in [2.45, 2.75) is 46.5 Å². The fourth-order valence-corrected chi connectivity index (χ4v) is 3.99. The number of hydrogen-bond donors (Lipinski definition) is 1. The van der Waals surface area contributed by atoms with E-state index in [1.165, 1.54) is 17.8 Å². The molecule has 22 heavy (non-hydrogen) atoms. The highest BCUT2D eigenvalue weighted by molar-refractivity contribution is 7.09. The maximum Gasteiger partial charge on any atom is 0.193 e. The largest absolute Gasteiger partial charge is 0.356 e. The molecule has 1 aromatic heterocycles. The van der Waals surface area contributed by atoms with Crippen LogP contribution in [-0.2, 0) is 6.42 Å². The monoisotopic (exact) mass is 322 g/mol. The third-order valence-corrected chi connectivity index (χ3v) is 5.15. The van der Waals surface area contributed by atoms with Gasteiger partial charge in [-0.1, -0.05) is 13.8 Å². The van der Waals surface area contributed by atoms with Crippen molar-refractivity contribution in [2.75, 3.05) is 26.7 Å². The Kier molecular flexibility index (Phi) is 6.68. The highest BCUT2D eigenvalue weighted by Gasteiger charge is 2.25. The zero-order chi connectivity index (χ0) is 15.9. The number of nitrogens with one attached hydrogen (secondary N) is 1. The summed E-state index contributed by atoms with van der Waals surface area (Å²) in [5.41, 5.74) is 1.14. The first kappa shape index (κ1) is 17.3. The highest BCUT2D eigenvalue weighted by atomic mass is 32.1. The van der Waals surface area contributed by atoms with Gasteiger partial charge < -0.3 is 10.2 Å². The summed E-state index contributed by atoms with van der Waals surface area (Å²) in [7, 11) is 1.89. The van der Waals surface area contributed by atoms with Crippen LogP contribution in [0.4, 0.5) is 0 Å². The minimum Gasteiger partial charge on any atom is -0.356 e. The molecule has 0 spiro atoms. The van der Waals surface area contributed by atoms with Crippen molar-refractivity contribution in [2.24, 2.45) is 16.8 Å². The number of hydrogen-bond acceptors (Lipinski definition) is 3. The average Bonchev–Trinajstić information content (AvgIpc) is 3.08. The lowest BCUT2D eigenvalue weighted by Crippen LogP contribution is -2.40. The summed E-state index contributed by atoms with van der Waals surface area (Å²) in [6.45, 7) is 9.95. The van der Waals surface area contributed by atoms with E-state index in [4.69, 9.17) is 0 Å². The van der Waals surface area contributed by atoms with E-state index in [-0.39, 0.29) is 0 Å². The number of aryl methyl sites for hydroxylation is 2. The maximum atomic E-state index is 4.51. The van der Waals surface area contributed by atoms with Crippen molar-refractivity contribution in [1.82, 2.24) is 15.2 Å². The Morgan fingerprint density at radius 1 is 1.55 bits per heavy atom. The molecule has 1 N–H and O–H groups in total. The summed E-state index contributed by atoms with van der Waals surface area (Å²) in [5.74, 6) is 2.69. The fraction of sp³-hybridized carbons (Fsp3) is 0.765. The van der Waals surface area contributed by atoms with Crippen LogP contribution in [0.2, 0.25) is 0 Å². The number of aromatic nitrogens is 1. The number of guanidine groups is 1. The molecular weight excluding hydrogens is 292 g/mol. The fourth-order valence-electron chi connectivity index (χ4n) is 3.17. The first-order valence-corrected chi connectivity index (χ1v) is 9.33. The van der Waals surface area contributed by atoms with E-state index in [0.717, 1.165) is 56.0 Å². The van der Waals surface area contributed by atoms with Crippen molar-refractivity contribution >= 4 is 17.3 Å². The summed E-state index contributed by atoms with van der Waals surface area (Å²) >= 11 is 1.77. The second-order valence-electron chi connectivity index (χ2n) is 6.69. The third kappa shape index (κ3) is 5.27. The molecule has 1 unspecified atom stereocenters. The molecule has 1 fully saturated rings. The number of thiazole rings is 1. The zero-order valence-corrected chi connectivity index (χ0v) is 15.2. The van der Waals surface area contributed by atoms with Gasteiger partial charge in [-0.05, 0) is 38.0 Å². The molecule has 0 aliphatic carbocycles.